The van der Waals surface area contributed by atoms with Crippen LogP contribution in [0.5, 0.6) is 0 Å². The van der Waals surface area contributed by atoms with Crippen molar-refractivity contribution in [1.29, 1.82) is 0 Å². The molecule has 94 valence electrons. The second kappa shape index (κ2) is 5.65. The Hall–Kier alpha value is -0.870. The van der Waals surface area contributed by atoms with Gasteiger partial charge < -0.3 is 10.6 Å². The van der Waals surface area contributed by atoms with E-state index in [1.54, 1.807) is 11.9 Å². The number of benzene rings is 1. The molecule has 0 bridgehead atoms. The summed E-state index contributed by atoms with van der Waals surface area (Å²) in [6.07, 6.45) is 0.451. The number of anilines is 1. The molecule has 0 unspecified atom stereocenters. The Kier molecular flexibility index (Phi) is 4.71. The first-order valence-corrected chi connectivity index (χ1v) is 6.37. The zero-order valence-corrected chi connectivity index (χ0v) is 12.1. The third kappa shape index (κ3) is 4.13. The molecule has 2 N–H and O–H groups in total. The van der Waals surface area contributed by atoms with Crippen LogP contribution in [0.1, 0.15) is 20.3 Å². The van der Waals surface area contributed by atoms with Gasteiger partial charge in [-0.25, -0.2) is 0 Å². The second-order valence-electron chi connectivity index (χ2n) is 4.98. The molecule has 1 amide bonds. The first kappa shape index (κ1) is 14.2. The first-order valence-electron chi connectivity index (χ1n) is 5.58. The largest absolute Gasteiger partial charge is 0.330 e. The molecule has 3 nitrogen and oxygen atoms in total. The molecule has 0 fully saturated rings. The maximum Gasteiger partial charge on any atom is 0.227 e. The predicted molar refractivity (Wildman–Crippen MR) is 75.0 cm³/mol. The van der Waals surface area contributed by atoms with Gasteiger partial charge in [0.25, 0.3) is 0 Å². The van der Waals surface area contributed by atoms with Crippen LogP contribution >= 0.6 is 15.9 Å². The van der Waals surface area contributed by atoms with Crippen molar-refractivity contribution in [2.24, 2.45) is 11.1 Å². The summed E-state index contributed by atoms with van der Waals surface area (Å²) in [7, 11) is 1.79. The van der Waals surface area contributed by atoms with E-state index in [1.165, 1.54) is 0 Å². The van der Waals surface area contributed by atoms with Crippen LogP contribution in [0.15, 0.2) is 28.7 Å². The van der Waals surface area contributed by atoms with E-state index in [2.05, 4.69) is 15.9 Å². The van der Waals surface area contributed by atoms with E-state index in [0.29, 0.717) is 13.0 Å². The van der Waals surface area contributed by atoms with Crippen molar-refractivity contribution in [3.05, 3.63) is 28.7 Å². The normalized spacial score (nSPS) is 11.4. The van der Waals surface area contributed by atoms with Gasteiger partial charge in [-0.3, -0.25) is 4.79 Å². The van der Waals surface area contributed by atoms with Crippen LogP contribution in [0.2, 0.25) is 0 Å². The summed E-state index contributed by atoms with van der Waals surface area (Å²) in [6.45, 7) is 4.50. The fourth-order valence-corrected chi connectivity index (χ4v) is 1.82. The molecule has 0 aliphatic carbocycles. The van der Waals surface area contributed by atoms with Gasteiger partial charge in [0.05, 0.1) is 0 Å². The number of hydrogen-bond acceptors (Lipinski definition) is 2. The van der Waals surface area contributed by atoms with Gasteiger partial charge in [-0.1, -0.05) is 35.8 Å². The van der Waals surface area contributed by atoms with Gasteiger partial charge in [0.2, 0.25) is 5.91 Å². The molecule has 0 saturated carbocycles. The predicted octanol–water partition coefficient (Wildman–Crippen LogP) is 2.79. The number of nitrogens with two attached hydrogens (primary N) is 1. The smallest absolute Gasteiger partial charge is 0.227 e. The third-order valence-electron chi connectivity index (χ3n) is 2.75. The summed E-state index contributed by atoms with van der Waals surface area (Å²) < 4.78 is 0.965. The lowest BCUT2D eigenvalue weighted by Gasteiger charge is -2.25. The number of carbonyl (C=O) groups excluding carboxylic acids is 1. The Morgan fingerprint density at radius 2 is 2.12 bits per heavy atom. The molecular weight excluding hydrogens is 280 g/mol. The van der Waals surface area contributed by atoms with Crippen LogP contribution in [0.3, 0.4) is 0 Å². The summed E-state index contributed by atoms with van der Waals surface area (Å²) >= 11 is 3.40. The van der Waals surface area contributed by atoms with Crippen LogP contribution < -0.4 is 10.6 Å². The van der Waals surface area contributed by atoms with Gasteiger partial charge in [-0.2, -0.15) is 0 Å². The monoisotopic (exact) mass is 298 g/mol. The number of halogens is 1. The number of hydrogen-bond donors (Lipinski definition) is 1. The van der Waals surface area contributed by atoms with Crippen molar-refractivity contribution in [2.45, 2.75) is 20.3 Å². The van der Waals surface area contributed by atoms with E-state index < -0.39 is 0 Å². The molecule has 0 saturated heterocycles. The molecule has 0 atom stereocenters. The quantitative estimate of drug-likeness (QED) is 0.929. The molecular formula is C13H19BrN2O. The number of rotatable bonds is 4. The van der Waals surface area contributed by atoms with Crippen molar-refractivity contribution in [3.8, 4) is 0 Å². The van der Waals surface area contributed by atoms with Gasteiger partial charge in [-0.15, -0.1) is 0 Å². The number of amides is 1. The zero-order valence-electron chi connectivity index (χ0n) is 10.5. The maximum atomic E-state index is 12.1. The highest BCUT2D eigenvalue weighted by Gasteiger charge is 2.23. The highest BCUT2D eigenvalue weighted by Crippen LogP contribution is 2.23. The fourth-order valence-electron chi connectivity index (χ4n) is 1.43. The van der Waals surface area contributed by atoms with Crippen LogP contribution in [0.25, 0.3) is 0 Å². The first-order chi connectivity index (χ1) is 7.85. The molecule has 1 aromatic rings. The van der Waals surface area contributed by atoms with Gasteiger partial charge in [-0.05, 0) is 30.2 Å². The van der Waals surface area contributed by atoms with Crippen LogP contribution in [-0.4, -0.2) is 19.5 Å². The number of nitrogens with zero attached hydrogens (tertiary/aromatic N) is 1. The molecule has 17 heavy (non-hydrogen) atoms. The van der Waals surface area contributed by atoms with Gasteiger partial charge in [0.1, 0.15) is 0 Å². The zero-order chi connectivity index (χ0) is 13.1. The van der Waals surface area contributed by atoms with Crippen molar-refractivity contribution >= 4 is 27.5 Å². The molecule has 1 aromatic carbocycles. The Morgan fingerprint density at radius 3 is 2.65 bits per heavy atom. The average molecular weight is 299 g/mol. The lowest BCUT2D eigenvalue weighted by atomic mass is 9.89. The van der Waals surface area contributed by atoms with Crippen molar-refractivity contribution in [3.63, 3.8) is 0 Å². The Balaban J connectivity index is 2.77. The molecule has 0 aromatic heterocycles. The second-order valence-corrected chi connectivity index (χ2v) is 5.89. The Bertz CT molecular complexity index is 404. The summed E-state index contributed by atoms with van der Waals surface area (Å²) in [6, 6.07) is 7.69. The van der Waals surface area contributed by atoms with E-state index >= 15 is 0 Å². The SMILES string of the molecule is CN(C(=O)CC(C)(C)CN)c1cccc(Br)c1. The average Bonchev–Trinajstić information content (AvgIpc) is 2.27. The highest BCUT2D eigenvalue weighted by atomic mass is 79.9. The van der Waals surface area contributed by atoms with Crippen LogP contribution in [0, 0.1) is 5.41 Å². The minimum absolute atomic E-state index is 0.0820. The van der Waals surface area contributed by atoms with E-state index in [0.717, 1.165) is 10.2 Å². The van der Waals surface area contributed by atoms with E-state index in [9.17, 15) is 4.79 Å². The lowest BCUT2D eigenvalue weighted by molar-refractivity contribution is -0.120. The van der Waals surface area contributed by atoms with E-state index in [4.69, 9.17) is 5.73 Å². The Morgan fingerprint density at radius 1 is 1.47 bits per heavy atom. The third-order valence-corrected chi connectivity index (χ3v) is 3.25. The molecule has 1 rings (SSSR count). The molecule has 0 aliphatic rings. The lowest BCUT2D eigenvalue weighted by Crippen LogP contribution is -2.34. The molecule has 0 spiro atoms. The maximum absolute atomic E-state index is 12.1. The minimum atomic E-state index is -0.155. The van der Waals surface area contributed by atoms with Gasteiger partial charge in [0.15, 0.2) is 0 Å². The van der Waals surface area contributed by atoms with Crippen molar-refractivity contribution in [2.75, 3.05) is 18.5 Å². The molecule has 4 heteroatoms. The van der Waals surface area contributed by atoms with Gasteiger partial charge >= 0.3 is 0 Å². The fraction of sp³-hybridized carbons (Fsp3) is 0.462. The van der Waals surface area contributed by atoms with Crippen molar-refractivity contribution in [1.82, 2.24) is 0 Å². The van der Waals surface area contributed by atoms with Crippen LogP contribution in [-0.2, 0) is 4.79 Å². The van der Waals surface area contributed by atoms with E-state index in [-0.39, 0.29) is 11.3 Å². The number of carbonyl (C=O) groups is 1. The summed E-state index contributed by atoms with van der Waals surface area (Å²) in [5.74, 6) is 0.0820. The minimum Gasteiger partial charge on any atom is -0.330 e. The molecule has 0 aliphatic heterocycles. The van der Waals surface area contributed by atoms with Crippen LogP contribution in [0.4, 0.5) is 5.69 Å². The summed E-state index contributed by atoms with van der Waals surface area (Å²) in [4.78, 5) is 13.8. The van der Waals surface area contributed by atoms with Gasteiger partial charge in [0, 0.05) is 23.6 Å². The summed E-state index contributed by atoms with van der Waals surface area (Å²) in [5.41, 5.74) is 6.37. The standard InChI is InChI=1S/C13H19BrN2O/c1-13(2,9-15)8-12(17)16(3)11-6-4-5-10(14)7-11/h4-7H,8-9,15H2,1-3H3. The molecule has 0 heterocycles. The topological polar surface area (TPSA) is 46.3 Å². The van der Waals surface area contributed by atoms with Crippen molar-refractivity contribution < 1.29 is 4.79 Å². The van der Waals surface area contributed by atoms with E-state index in [1.807, 2.05) is 38.1 Å². The summed E-state index contributed by atoms with van der Waals surface area (Å²) in [5, 5.41) is 0. The molecule has 0 radical (unpaired) electrons. The Labute approximate surface area is 111 Å². The highest BCUT2D eigenvalue weighted by molar-refractivity contribution is 9.10.